The van der Waals surface area contributed by atoms with Crippen molar-refractivity contribution in [3.05, 3.63) is 12.4 Å². The molecule has 0 bridgehead atoms. The van der Waals surface area contributed by atoms with Gasteiger partial charge in [-0.15, -0.1) is 0 Å². The van der Waals surface area contributed by atoms with Crippen molar-refractivity contribution in [2.24, 2.45) is 5.92 Å². The number of hydrogen-bond acceptors (Lipinski definition) is 2. The van der Waals surface area contributed by atoms with E-state index in [2.05, 4.69) is 21.1 Å². The van der Waals surface area contributed by atoms with Crippen LogP contribution < -0.4 is 5.32 Å². The molecule has 0 radical (unpaired) electrons. The summed E-state index contributed by atoms with van der Waals surface area (Å²) in [7, 11) is 0. The van der Waals surface area contributed by atoms with E-state index in [4.69, 9.17) is 0 Å². The van der Waals surface area contributed by atoms with Gasteiger partial charge in [0.1, 0.15) is 0 Å². The average Bonchev–Trinajstić information content (AvgIpc) is 2.75. The molecule has 2 saturated carbocycles. The summed E-state index contributed by atoms with van der Waals surface area (Å²) in [5, 5.41) is 3.49. The second-order valence-corrected chi connectivity index (χ2v) is 4.97. The smallest absolute Gasteiger partial charge is 0.202 e. The van der Waals surface area contributed by atoms with Crippen molar-refractivity contribution in [3.8, 4) is 0 Å². The third kappa shape index (κ3) is 2.16. The van der Waals surface area contributed by atoms with E-state index in [0.29, 0.717) is 6.04 Å². The highest BCUT2D eigenvalue weighted by molar-refractivity contribution is 5.29. The molecule has 0 atom stereocenters. The maximum atomic E-state index is 4.39. The van der Waals surface area contributed by atoms with Gasteiger partial charge in [-0.1, -0.05) is 12.8 Å². The lowest BCUT2D eigenvalue weighted by Gasteiger charge is -2.13. The molecule has 0 spiro atoms. The summed E-state index contributed by atoms with van der Waals surface area (Å²) >= 11 is 0. The first-order valence-corrected chi connectivity index (χ1v) is 6.19. The summed E-state index contributed by atoms with van der Waals surface area (Å²) in [6.07, 6.45) is 12.3. The van der Waals surface area contributed by atoms with Crippen LogP contribution in [0.3, 0.4) is 0 Å². The lowest BCUT2D eigenvalue weighted by Crippen LogP contribution is -2.12. The predicted molar refractivity (Wildman–Crippen MR) is 60.8 cm³/mol. The molecule has 0 unspecified atom stereocenters. The number of rotatable bonds is 4. The predicted octanol–water partition coefficient (Wildman–Crippen LogP) is 2.65. The van der Waals surface area contributed by atoms with Crippen molar-refractivity contribution in [1.82, 2.24) is 9.55 Å². The highest BCUT2D eigenvalue weighted by Gasteiger charge is 2.23. The third-order valence-corrected chi connectivity index (χ3v) is 3.56. The van der Waals surface area contributed by atoms with Gasteiger partial charge in [-0.2, -0.15) is 0 Å². The van der Waals surface area contributed by atoms with Crippen LogP contribution in [0, 0.1) is 5.92 Å². The molecule has 1 aromatic heterocycles. The van der Waals surface area contributed by atoms with E-state index in [1.54, 1.807) is 0 Å². The van der Waals surface area contributed by atoms with Gasteiger partial charge in [0.2, 0.25) is 5.95 Å². The third-order valence-electron chi connectivity index (χ3n) is 3.56. The molecule has 82 valence electrons. The van der Waals surface area contributed by atoms with Gasteiger partial charge in [0, 0.05) is 25.0 Å². The summed E-state index contributed by atoms with van der Waals surface area (Å²) in [6.45, 7) is 1.16. The average molecular weight is 205 g/mol. The molecule has 2 aliphatic carbocycles. The quantitative estimate of drug-likeness (QED) is 0.819. The van der Waals surface area contributed by atoms with Crippen molar-refractivity contribution in [3.63, 3.8) is 0 Å². The molecular formula is C12H19N3. The van der Waals surface area contributed by atoms with Crippen LogP contribution in [0.15, 0.2) is 12.4 Å². The summed E-state index contributed by atoms with van der Waals surface area (Å²) in [5.41, 5.74) is 0. The first-order chi connectivity index (χ1) is 7.42. The summed E-state index contributed by atoms with van der Waals surface area (Å²) in [5.74, 6) is 1.98. The molecule has 0 saturated heterocycles. The fraction of sp³-hybridized carbons (Fsp3) is 0.750. The van der Waals surface area contributed by atoms with E-state index in [9.17, 15) is 0 Å². The Kier molecular flexibility index (Phi) is 2.39. The standard InChI is InChI=1S/C12H19N3/c1-2-4-10(3-1)9-15-8-7-13-12(15)14-11-5-6-11/h7-8,10-11H,1-6,9H2,(H,13,14). The minimum Gasteiger partial charge on any atom is -0.353 e. The van der Waals surface area contributed by atoms with Crippen molar-refractivity contribution in [2.45, 2.75) is 51.1 Å². The van der Waals surface area contributed by atoms with Gasteiger partial charge in [-0.3, -0.25) is 0 Å². The normalized spacial score (nSPS) is 22.1. The molecule has 2 fully saturated rings. The van der Waals surface area contributed by atoms with E-state index in [1.807, 2.05) is 6.20 Å². The molecule has 1 aromatic rings. The minimum atomic E-state index is 0.703. The Labute approximate surface area is 90.9 Å². The fourth-order valence-corrected chi connectivity index (χ4v) is 2.48. The van der Waals surface area contributed by atoms with Crippen LogP contribution in [-0.4, -0.2) is 15.6 Å². The molecule has 2 aliphatic rings. The van der Waals surface area contributed by atoms with E-state index in [0.717, 1.165) is 18.4 Å². The molecule has 3 heteroatoms. The molecule has 0 amide bonds. The van der Waals surface area contributed by atoms with Gasteiger partial charge in [0.05, 0.1) is 0 Å². The second kappa shape index (κ2) is 3.87. The Bertz CT molecular complexity index is 321. The zero-order valence-corrected chi connectivity index (χ0v) is 9.15. The molecule has 3 nitrogen and oxygen atoms in total. The first-order valence-electron chi connectivity index (χ1n) is 6.19. The lowest BCUT2D eigenvalue weighted by atomic mass is 10.1. The van der Waals surface area contributed by atoms with Crippen molar-refractivity contribution in [1.29, 1.82) is 0 Å². The SMILES string of the molecule is c1cn(CC2CCCC2)c(NC2CC2)n1. The van der Waals surface area contributed by atoms with Crippen LogP contribution in [0.2, 0.25) is 0 Å². The molecule has 15 heavy (non-hydrogen) atoms. The van der Waals surface area contributed by atoms with Crippen molar-refractivity contribution in [2.75, 3.05) is 5.32 Å². The summed E-state index contributed by atoms with van der Waals surface area (Å²) in [4.78, 5) is 4.39. The monoisotopic (exact) mass is 205 g/mol. The highest BCUT2D eigenvalue weighted by Crippen LogP contribution is 2.28. The van der Waals surface area contributed by atoms with E-state index in [1.165, 1.54) is 38.5 Å². The second-order valence-electron chi connectivity index (χ2n) is 4.97. The first kappa shape index (κ1) is 9.25. The molecular weight excluding hydrogens is 186 g/mol. The highest BCUT2D eigenvalue weighted by atomic mass is 15.2. The largest absolute Gasteiger partial charge is 0.353 e. The van der Waals surface area contributed by atoms with Crippen molar-refractivity contribution < 1.29 is 0 Å². The Morgan fingerprint density at radius 3 is 2.80 bits per heavy atom. The molecule has 0 aromatic carbocycles. The van der Waals surface area contributed by atoms with Gasteiger partial charge in [-0.05, 0) is 31.6 Å². The lowest BCUT2D eigenvalue weighted by molar-refractivity contribution is 0.460. The molecule has 1 N–H and O–H groups in total. The summed E-state index contributed by atoms with van der Waals surface area (Å²) in [6, 6.07) is 0.703. The van der Waals surface area contributed by atoms with Crippen LogP contribution in [0.1, 0.15) is 38.5 Å². The van der Waals surface area contributed by atoms with Crippen LogP contribution in [-0.2, 0) is 6.54 Å². The number of imidazole rings is 1. The van der Waals surface area contributed by atoms with Gasteiger partial charge < -0.3 is 9.88 Å². The number of aromatic nitrogens is 2. The molecule has 0 aliphatic heterocycles. The number of nitrogens with one attached hydrogen (secondary N) is 1. The van der Waals surface area contributed by atoms with E-state index in [-0.39, 0.29) is 0 Å². The van der Waals surface area contributed by atoms with Crippen LogP contribution >= 0.6 is 0 Å². The molecule has 3 rings (SSSR count). The minimum absolute atomic E-state index is 0.703. The van der Waals surface area contributed by atoms with E-state index >= 15 is 0 Å². The van der Waals surface area contributed by atoms with Crippen molar-refractivity contribution >= 4 is 5.95 Å². The zero-order valence-electron chi connectivity index (χ0n) is 9.15. The molecule has 1 heterocycles. The number of hydrogen-bond donors (Lipinski definition) is 1. The van der Waals surface area contributed by atoms with Gasteiger partial charge in [0.25, 0.3) is 0 Å². The number of anilines is 1. The van der Waals surface area contributed by atoms with Gasteiger partial charge in [0.15, 0.2) is 0 Å². The van der Waals surface area contributed by atoms with Gasteiger partial charge in [-0.25, -0.2) is 4.98 Å². The maximum Gasteiger partial charge on any atom is 0.202 e. The van der Waals surface area contributed by atoms with Crippen LogP contribution in [0.25, 0.3) is 0 Å². The van der Waals surface area contributed by atoms with Gasteiger partial charge >= 0.3 is 0 Å². The Hall–Kier alpha value is -0.990. The van der Waals surface area contributed by atoms with Crippen LogP contribution in [0.5, 0.6) is 0 Å². The topological polar surface area (TPSA) is 29.9 Å². The Morgan fingerprint density at radius 1 is 1.27 bits per heavy atom. The number of nitrogens with zero attached hydrogens (tertiary/aromatic N) is 2. The Balaban J connectivity index is 1.64. The Morgan fingerprint density at radius 2 is 2.07 bits per heavy atom. The van der Waals surface area contributed by atoms with Crippen LogP contribution in [0.4, 0.5) is 5.95 Å². The fourth-order valence-electron chi connectivity index (χ4n) is 2.48. The maximum absolute atomic E-state index is 4.39. The van der Waals surface area contributed by atoms with E-state index < -0.39 is 0 Å². The summed E-state index contributed by atoms with van der Waals surface area (Å²) < 4.78 is 2.30. The zero-order chi connectivity index (χ0) is 10.1.